The number of hydrogen-bond donors (Lipinski definition) is 0. The molecule has 4 aromatic rings. The van der Waals surface area contributed by atoms with Crippen molar-refractivity contribution in [3.8, 4) is 0 Å². The Balaban J connectivity index is 1.54. The Morgan fingerprint density at radius 2 is 2.04 bits per heavy atom. The van der Waals surface area contributed by atoms with Crippen molar-refractivity contribution in [3.05, 3.63) is 70.9 Å². The number of rotatable bonds is 3. The lowest BCUT2D eigenvalue weighted by atomic mass is 9.96. The molecule has 8 nitrogen and oxygen atoms in total. The third-order valence-corrected chi connectivity index (χ3v) is 5.44. The van der Waals surface area contributed by atoms with Gasteiger partial charge in [0.1, 0.15) is 5.82 Å². The molecule has 0 amide bonds. The zero-order chi connectivity index (χ0) is 19.1. The topological polar surface area (TPSA) is 89.5 Å². The van der Waals surface area contributed by atoms with Crippen molar-refractivity contribution >= 4 is 27.8 Å². The molecule has 4 heterocycles. The third kappa shape index (κ3) is 2.65. The maximum absolute atomic E-state index is 11.4. The first kappa shape index (κ1) is 16.6. The lowest BCUT2D eigenvalue weighted by Gasteiger charge is -2.34. The van der Waals surface area contributed by atoms with E-state index in [1.165, 1.54) is 0 Å². The highest BCUT2D eigenvalue weighted by Crippen LogP contribution is 2.36. The summed E-state index contributed by atoms with van der Waals surface area (Å²) in [4.78, 5) is 17.4. The second kappa shape index (κ2) is 6.56. The number of hydrogen-bond acceptors (Lipinski definition) is 6. The molecule has 3 aromatic heterocycles. The summed E-state index contributed by atoms with van der Waals surface area (Å²) in [6.45, 7) is 1.70. The minimum Gasteiger partial charge on any atom is -0.370 e. The van der Waals surface area contributed by atoms with Crippen LogP contribution < -0.4 is 4.90 Å². The molecule has 1 aliphatic rings. The summed E-state index contributed by atoms with van der Waals surface area (Å²) in [5.74, 6) is 1.21. The van der Waals surface area contributed by atoms with Gasteiger partial charge in [0.25, 0.3) is 5.69 Å². The van der Waals surface area contributed by atoms with E-state index in [0.29, 0.717) is 5.39 Å². The molecule has 140 valence electrons. The Bertz CT molecular complexity index is 1190. The van der Waals surface area contributed by atoms with Gasteiger partial charge < -0.3 is 4.90 Å². The summed E-state index contributed by atoms with van der Waals surface area (Å²) in [5.41, 5.74) is 1.94. The van der Waals surface area contributed by atoms with Crippen LogP contribution in [0.25, 0.3) is 16.4 Å². The van der Waals surface area contributed by atoms with E-state index >= 15 is 0 Å². The first-order valence-electron chi connectivity index (χ1n) is 9.28. The van der Waals surface area contributed by atoms with Crippen LogP contribution in [0.1, 0.15) is 24.6 Å². The highest BCUT2D eigenvalue weighted by atomic mass is 16.6. The van der Waals surface area contributed by atoms with Gasteiger partial charge in [-0.1, -0.05) is 6.07 Å². The molecule has 1 unspecified atom stereocenters. The number of pyridine rings is 2. The fourth-order valence-electron chi connectivity index (χ4n) is 4.14. The zero-order valence-electron chi connectivity index (χ0n) is 15.1. The second-order valence-corrected chi connectivity index (χ2v) is 7.05. The minimum atomic E-state index is -0.352. The molecule has 1 fully saturated rings. The Labute approximate surface area is 160 Å². The molecule has 28 heavy (non-hydrogen) atoms. The first-order valence-corrected chi connectivity index (χ1v) is 9.28. The molecule has 0 spiro atoms. The largest absolute Gasteiger partial charge is 0.370 e. The van der Waals surface area contributed by atoms with Crippen LogP contribution in [-0.2, 0) is 0 Å². The van der Waals surface area contributed by atoms with Gasteiger partial charge in [-0.05, 0) is 37.1 Å². The molecule has 1 saturated heterocycles. The molecule has 1 atom stereocenters. The van der Waals surface area contributed by atoms with Gasteiger partial charge in [0.2, 0.25) is 0 Å². The van der Waals surface area contributed by atoms with Gasteiger partial charge in [-0.3, -0.25) is 19.5 Å². The molecule has 8 heteroatoms. The number of nitro groups is 1. The fraction of sp³-hybridized carbons (Fsp3) is 0.250. The zero-order valence-corrected chi connectivity index (χ0v) is 15.1. The molecule has 0 aliphatic carbocycles. The van der Waals surface area contributed by atoms with E-state index in [4.69, 9.17) is 0 Å². The Morgan fingerprint density at radius 3 is 2.93 bits per heavy atom. The summed E-state index contributed by atoms with van der Waals surface area (Å²) in [5, 5.41) is 21.5. The number of nitro benzene ring substituents is 1. The van der Waals surface area contributed by atoms with Crippen molar-refractivity contribution in [3.63, 3.8) is 0 Å². The Morgan fingerprint density at radius 1 is 1.11 bits per heavy atom. The van der Waals surface area contributed by atoms with Crippen LogP contribution in [0.2, 0.25) is 0 Å². The number of piperidine rings is 1. The number of anilines is 1. The predicted molar refractivity (Wildman–Crippen MR) is 106 cm³/mol. The molecular weight excluding hydrogens is 356 g/mol. The van der Waals surface area contributed by atoms with Crippen LogP contribution in [0, 0.1) is 10.1 Å². The standard InChI is InChI=1S/C20H18N6O2/c27-26(28)18-7-6-17(15-8-9-21-12-16(15)18)24-10-3-4-14(13-24)20-23-22-19-5-1-2-11-25(19)20/h1-2,5-9,11-12,14H,3-4,10,13H2. The van der Waals surface area contributed by atoms with Crippen molar-refractivity contribution in [2.24, 2.45) is 0 Å². The Kier molecular flexibility index (Phi) is 3.89. The summed E-state index contributed by atoms with van der Waals surface area (Å²) in [7, 11) is 0. The van der Waals surface area contributed by atoms with E-state index in [0.717, 1.165) is 48.5 Å². The Hall–Kier alpha value is -3.55. The van der Waals surface area contributed by atoms with Crippen LogP contribution >= 0.6 is 0 Å². The molecule has 5 rings (SSSR count). The fourth-order valence-corrected chi connectivity index (χ4v) is 4.14. The number of aromatic nitrogens is 4. The monoisotopic (exact) mass is 374 g/mol. The van der Waals surface area contributed by atoms with Gasteiger partial charge in [0.15, 0.2) is 5.65 Å². The molecule has 0 saturated carbocycles. The predicted octanol–water partition coefficient (Wildman–Crippen LogP) is 3.57. The normalized spacial score (nSPS) is 17.3. The van der Waals surface area contributed by atoms with Gasteiger partial charge in [-0.25, -0.2) is 0 Å². The van der Waals surface area contributed by atoms with Crippen LogP contribution in [-0.4, -0.2) is 37.6 Å². The van der Waals surface area contributed by atoms with Crippen molar-refractivity contribution < 1.29 is 4.92 Å². The number of fused-ring (bicyclic) bond motifs is 2. The molecule has 1 aromatic carbocycles. The van der Waals surface area contributed by atoms with Gasteiger partial charge in [-0.15, -0.1) is 10.2 Å². The third-order valence-electron chi connectivity index (χ3n) is 5.44. The van der Waals surface area contributed by atoms with Gasteiger partial charge in [0.05, 0.1) is 10.3 Å². The van der Waals surface area contributed by atoms with Crippen molar-refractivity contribution in [1.82, 2.24) is 19.6 Å². The second-order valence-electron chi connectivity index (χ2n) is 7.05. The summed E-state index contributed by atoms with van der Waals surface area (Å²) in [6.07, 6.45) is 7.32. The lowest BCUT2D eigenvalue weighted by Crippen LogP contribution is -2.35. The summed E-state index contributed by atoms with van der Waals surface area (Å²) < 4.78 is 2.05. The van der Waals surface area contributed by atoms with E-state index in [1.54, 1.807) is 18.5 Å². The quantitative estimate of drug-likeness (QED) is 0.402. The van der Waals surface area contributed by atoms with Crippen LogP contribution in [0.4, 0.5) is 11.4 Å². The molecule has 0 N–H and O–H groups in total. The first-order chi connectivity index (χ1) is 13.7. The maximum atomic E-state index is 11.4. The molecular formula is C20H18N6O2. The van der Waals surface area contributed by atoms with Gasteiger partial charge in [-0.2, -0.15) is 0 Å². The van der Waals surface area contributed by atoms with E-state index in [2.05, 4.69) is 20.1 Å². The van der Waals surface area contributed by atoms with Crippen molar-refractivity contribution in [1.29, 1.82) is 0 Å². The molecule has 1 aliphatic heterocycles. The number of benzene rings is 1. The molecule has 0 bridgehead atoms. The van der Waals surface area contributed by atoms with E-state index in [9.17, 15) is 10.1 Å². The van der Waals surface area contributed by atoms with Gasteiger partial charge in [0, 0.05) is 54.7 Å². The maximum Gasteiger partial charge on any atom is 0.278 e. The highest BCUT2D eigenvalue weighted by molar-refractivity contribution is 5.99. The van der Waals surface area contributed by atoms with E-state index < -0.39 is 0 Å². The lowest BCUT2D eigenvalue weighted by molar-refractivity contribution is -0.383. The van der Waals surface area contributed by atoms with Crippen LogP contribution in [0.5, 0.6) is 0 Å². The average molecular weight is 374 g/mol. The number of non-ortho nitro benzene ring substituents is 1. The van der Waals surface area contributed by atoms with E-state index in [1.807, 2.05) is 40.9 Å². The minimum absolute atomic E-state index is 0.0869. The summed E-state index contributed by atoms with van der Waals surface area (Å²) in [6, 6.07) is 11.2. The van der Waals surface area contributed by atoms with Crippen molar-refractivity contribution in [2.75, 3.05) is 18.0 Å². The van der Waals surface area contributed by atoms with Gasteiger partial charge >= 0.3 is 0 Å². The van der Waals surface area contributed by atoms with Crippen LogP contribution in [0.15, 0.2) is 55.0 Å². The average Bonchev–Trinajstić information content (AvgIpc) is 3.17. The van der Waals surface area contributed by atoms with Crippen molar-refractivity contribution in [2.45, 2.75) is 18.8 Å². The highest BCUT2D eigenvalue weighted by Gasteiger charge is 2.27. The summed E-state index contributed by atoms with van der Waals surface area (Å²) >= 11 is 0. The smallest absolute Gasteiger partial charge is 0.278 e. The number of nitrogens with zero attached hydrogens (tertiary/aromatic N) is 6. The van der Waals surface area contributed by atoms with E-state index in [-0.39, 0.29) is 16.5 Å². The SMILES string of the molecule is O=[N+]([O-])c1ccc(N2CCCC(c3nnc4ccccn34)C2)c2ccncc12. The van der Waals surface area contributed by atoms with Crippen LogP contribution in [0.3, 0.4) is 0 Å². The molecule has 0 radical (unpaired) electrons.